The van der Waals surface area contributed by atoms with Crippen LogP contribution in [-0.4, -0.2) is 36.6 Å². The highest BCUT2D eigenvalue weighted by Gasteiger charge is 2.27. The average Bonchev–Trinajstić information content (AvgIpc) is 2.26. The lowest BCUT2D eigenvalue weighted by molar-refractivity contribution is 0.113. The Morgan fingerprint density at radius 3 is 2.57 bits per heavy atom. The molecular weight excluding hydrogens is 172 g/mol. The Bertz CT molecular complexity index is 172. The summed E-state index contributed by atoms with van der Waals surface area (Å²) >= 11 is 0. The van der Waals surface area contributed by atoms with E-state index in [9.17, 15) is 0 Å². The van der Waals surface area contributed by atoms with Crippen molar-refractivity contribution in [1.29, 1.82) is 0 Å². The average molecular weight is 198 g/mol. The third-order valence-corrected chi connectivity index (χ3v) is 3.42. The van der Waals surface area contributed by atoms with Gasteiger partial charge in [-0.25, -0.2) is 0 Å². The van der Waals surface area contributed by atoms with E-state index in [2.05, 4.69) is 44.8 Å². The van der Waals surface area contributed by atoms with Crippen molar-refractivity contribution in [3.63, 3.8) is 0 Å². The van der Waals surface area contributed by atoms with Crippen molar-refractivity contribution < 1.29 is 0 Å². The molecule has 0 bridgehead atoms. The lowest BCUT2D eigenvalue weighted by Crippen LogP contribution is -2.45. The first-order valence-electron chi connectivity index (χ1n) is 5.88. The molecule has 84 valence electrons. The molecule has 0 aromatic rings. The summed E-state index contributed by atoms with van der Waals surface area (Å²) in [5, 5.41) is 3.54. The molecule has 2 atom stereocenters. The Hall–Kier alpha value is -0.0800. The molecule has 1 aliphatic rings. The minimum absolute atomic E-state index is 0.393. The third-order valence-electron chi connectivity index (χ3n) is 3.42. The maximum absolute atomic E-state index is 3.54. The number of nitrogens with zero attached hydrogens (tertiary/aromatic N) is 1. The van der Waals surface area contributed by atoms with E-state index < -0.39 is 0 Å². The molecule has 1 heterocycles. The van der Waals surface area contributed by atoms with E-state index in [0.29, 0.717) is 17.5 Å². The van der Waals surface area contributed by atoms with Crippen LogP contribution in [0.15, 0.2) is 0 Å². The summed E-state index contributed by atoms with van der Waals surface area (Å²) in [6, 6.07) is 1.31. The van der Waals surface area contributed by atoms with Crippen LogP contribution in [0.5, 0.6) is 0 Å². The number of nitrogens with one attached hydrogen (secondary N) is 1. The molecule has 1 saturated heterocycles. The van der Waals surface area contributed by atoms with Gasteiger partial charge >= 0.3 is 0 Å². The van der Waals surface area contributed by atoms with Gasteiger partial charge in [0.05, 0.1) is 0 Å². The second-order valence-electron chi connectivity index (χ2n) is 5.75. The molecule has 1 aliphatic heterocycles. The van der Waals surface area contributed by atoms with E-state index in [-0.39, 0.29) is 0 Å². The molecule has 1 rings (SSSR count). The van der Waals surface area contributed by atoms with Crippen molar-refractivity contribution >= 4 is 0 Å². The lowest BCUT2D eigenvalue weighted by Gasteiger charge is -2.38. The van der Waals surface area contributed by atoms with Gasteiger partial charge in [0.25, 0.3) is 0 Å². The number of hydrogen-bond donors (Lipinski definition) is 1. The number of hydrogen-bond acceptors (Lipinski definition) is 2. The Balaban J connectivity index is 2.57. The van der Waals surface area contributed by atoms with Gasteiger partial charge in [-0.05, 0) is 38.8 Å². The molecule has 0 aliphatic carbocycles. The van der Waals surface area contributed by atoms with Crippen LogP contribution in [0.1, 0.15) is 41.0 Å². The van der Waals surface area contributed by atoms with Gasteiger partial charge in [0, 0.05) is 18.6 Å². The molecule has 0 amide bonds. The Morgan fingerprint density at radius 1 is 1.36 bits per heavy atom. The second-order valence-corrected chi connectivity index (χ2v) is 5.75. The fourth-order valence-corrected chi connectivity index (χ4v) is 2.04. The second kappa shape index (κ2) is 4.63. The normalized spacial score (nSPS) is 28.5. The molecular formula is C12H26N2. The highest BCUT2D eigenvalue weighted by Crippen LogP contribution is 2.24. The van der Waals surface area contributed by atoms with Gasteiger partial charge in [-0.3, -0.25) is 4.90 Å². The zero-order chi connectivity index (χ0) is 10.8. The first-order valence-corrected chi connectivity index (χ1v) is 5.88. The Labute approximate surface area is 89.1 Å². The Kier molecular flexibility index (Phi) is 3.96. The van der Waals surface area contributed by atoms with Gasteiger partial charge in [-0.15, -0.1) is 0 Å². The minimum atomic E-state index is 0.393. The summed E-state index contributed by atoms with van der Waals surface area (Å²) in [6.07, 6.45) is 1.28. The maximum atomic E-state index is 3.54. The monoisotopic (exact) mass is 198 g/mol. The zero-order valence-corrected chi connectivity index (χ0v) is 10.4. The van der Waals surface area contributed by atoms with Crippen LogP contribution >= 0.6 is 0 Å². The standard InChI is InChI=1S/C12H26N2/c1-10-9-14(8-6-7-13-10)11(2)12(3,4)5/h10-11,13H,6-9H2,1-5H3. The summed E-state index contributed by atoms with van der Waals surface area (Å²) in [7, 11) is 0. The zero-order valence-electron chi connectivity index (χ0n) is 10.4. The quantitative estimate of drug-likeness (QED) is 0.694. The van der Waals surface area contributed by atoms with Gasteiger partial charge in [0.1, 0.15) is 0 Å². The van der Waals surface area contributed by atoms with Crippen LogP contribution in [0.25, 0.3) is 0 Å². The van der Waals surface area contributed by atoms with Crippen LogP contribution in [-0.2, 0) is 0 Å². The van der Waals surface area contributed by atoms with E-state index in [4.69, 9.17) is 0 Å². The molecule has 1 fully saturated rings. The van der Waals surface area contributed by atoms with Crippen LogP contribution in [0, 0.1) is 5.41 Å². The lowest BCUT2D eigenvalue weighted by atomic mass is 9.86. The van der Waals surface area contributed by atoms with Crippen molar-refractivity contribution in [3.8, 4) is 0 Å². The van der Waals surface area contributed by atoms with Crippen molar-refractivity contribution in [2.45, 2.75) is 53.1 Å². The van der Waals surface area contributed by atoms with E-state index >= 15 is 0 Å². The minimum Gasteiger partial charge on any atom is -0.313 e. The summed E-state index contributed by atoms with van der Waals surface area (Å²) < 4.78 is 0. The van der Waals surface area contributed by atoms with Gasteiger partial charge in [0.15, 0.2) is 0 Å². The molecule has 0 aromatic heterocycles. The molecule has 14 heavy (non-hydrogen) atoms. The predicted octanol–water partition coefficient (Wildman–Crippen LogP) is 2.10. The smallest absolute Gasteiger partial charge is 0.0166 e. The van der Waals surface area contributed by atoms with Gasteiger partial charge in [0.2, 0.25) is 0 Å². The molecule has 1 N–H and O–H groups in total. The fraction of sp³-hybridized carbons (Fsp3) is 1.00. The molecule has 0 aromatic carbocycles. The SMILES string of the molecule is CC1CN(C(C)C(C)(C)C)CCCN1. The van der Waals surface area contributed by atoms with E-state index in [1.165, 1.54) is 26.1 Å². The summed E-state index contributed by atoms with van der Waals surface area (Å²) in [6.45, 7) is 15.3. The third kappa shape index (κ3) is 3.25. The van der Waals surface area contributed by atoms with Crippen molar-refractivity contribution in [2.24, 2.45) is 5.41 Å². The van der Waals surface area contributed by atoms with Crippen LogP contribution in [0.2, 0.25) is 0 Å². The number of rotatable bonds is 1. The van der Waals surface area contributed by atoms with Crippen molar-refractivity contribution in [2.75, 3.05) is 19.6 Å². The van der Waals surface area contributed by atoms with Crippen LogP contribution in [0.4, 0.5) is 0 Å². The fourth-order valence-electron chi connectivity index (χ4n) is 2.04. The summed E-state index contributed by atoms with van der Waals surface area (Å²) in [5.74, 6) is 0. The molecule has 2 unspecified atom stereocenters. The Morgan fingerprint density at radius 2 is 2.00 bits per heavy atom. The van der Waals surface area contributed by atoms with Gasteiger partial charge in [-0.1, -0.05) is 20.8 Å². The summed E-state index contributed by atoms with van der Waals surface area (Å²) in [5.41, 5.74) is 0.393. The first-order chi connectivity index (χ1) is 6.41. The van der Waals surface area contributed by atoms with Crippen molar-refractivity contribution in [3.05, 3.63) is 0 Å². The van der Waals surface area contributed by atoms with E-state index in [1.54, 1.807) is 0 Å². The maximum Gasteiger partial charge on any atom is 0.0166 e. The molecule has 0 saturated carbocycles. The predicted molar refractivity (Wildman–Crippen MR) is 62.6 cm³/mol. The van der Waals surface area contributed by atoms with Crippen LogP contribution < -0.4 is 5.32 Å². The summed E-state index contributed by atoms with van der Waals surface area (Å²) in [4.78, 5) is 2.63. The first kappa shape index (κ1) is 12.0. The largest absolute Gasteiger partial charge is 0.313 e. The van der Waals surface area contributed by atoms with E-state index in [0.717, 1.165) is 0 Å². The molecule has 0 radical (unpaired) electrons. The van der Waals surface area contributed by atoms with Gasteiger partial charge < -0.3 is 5.32 Å². The molecule has 2 heteroatoms. The molecule has 2 nitrogen and oxygen atoms in total. The van der Waals surface area contributed by atoms with Gasteiger partial charge in [-0.2, -0.15) is 0 Å². The topological polar surface area (TPSA) is 15.3 Å². The van der Waals surface area contributed by atoms with E-state index in [1.807, 2.05) is 0 Å². The van der Waals surface area contributed by atoms with Crippen molar-refractivity contribution in [1.82, 2.24) is 10.2 Å². The highest BCUT2D eigenvalue weighted by atomic mass is 15.2. The molecule has 0 spiro atoms. The van der Waals surface area contributed by atoms with Crippen LogP contribution in [0.3, 0.4) is 0 Å². The highest BCUT2D eigenvalue weighted by molar-refractivity contribution is 4.83.